The summed E-state index contributed by atoms with van der Waals surface area (Å²) in [4.78, 5) is 15.1. The molecule has 1 N–H and O–H groups in total. The minimum Gasteiger partial charge on any atom is -0.378 e. The van der Waals surface area contributed by atoms with Crippen molar-refractivity contribution in [1.82, 2.24) is 14.8 Å². The maximum atomic E-state index is 13.7. The number of amides is 1. The molecule has 2 fully saturated rings. The van der Waals surface area contributed by atoms with Gasteiger partial charge in [0.1, 0.15) is 12.4 Å². The average Bonchev–Trinajstić information content (AvgIpc) is 2.91. The largest absolute Gasteiger partial charge is 0.406 e. The Balaban J connectivity index is 1.59. The quantitative estimate of drug-likeness (QED) is 0.808. The van der Waals surface area contributed by atoms with Crippen LogP contribution >= 0.6 is 0 Å². The summed E-state index contributed by atoms with van der Waals surface area (Å²) in [6, 6.07) is 3.76. The smallest absolute Gasteiger partial charge is 0.378 e. The lowest BCUT2D eigenvalue weighted by Crippen LogP contribution is -2.59. The van der Waals surface area contributed by atoms with E-state index >= 15 is 0 Å². The number of likely N-dealkylation sites (N-methyl/N-ethyl adjacent to an activating group) is 1. The Kier molecular flexibility index (Phi) is 4.83. The third-order valence-corrected chi connectivity index (χ3v) is 5.66. The first-order valence-corrected chi connectivity index (χ1v) is 9.17. The van der Waals surface area contributed by atoms with Gasteiger partial charge in [-0.05, 0) is 38.1 Å². The number of fused-ring (bicyclic) bond motifs is 3. The van der Waals surface area contributed by atoms with Gasteiger partial charge in [-0.2, -0.15) is 13.2 Å². The van der Waals surface area contributed by atoms with E-state index in [2.05, 4.69) is 10.2 Å². The second-order valence-corrected chi connectivity index (χ2v) is 7.60. The van der Waals surface area contributed by atoms with Crippen molar-refractivity contribution in [2.45, 2.75) is 43.7 Å². The average molecular weight is 399 g/mol. The topological polar surface area (TPSA) is 46.5 Å². The van der Waals surface area contributed by atoms with Crippen molar-refractivity contribution in [3.05, 3.63) is 35.8 Å². The molecule has 1 aromatic heterocycles. The SMILES string of the molecule is CN1[C@@H]2COC[C@H]1C[C@@H](NC(=O)c1cn(CC(F)(F)F)c3ccc(F)cc13)C2. The lowest BCUT2D eigenvalue weighted by Gasteiger charge is -2.46. The number of ether oxygens (including phenoxy) is 1. The molecular weight excluding hydrogens is 378 g/mol. The van der Waals surface area contributed by atoms with E-state index in [1.165, 1.54) is 6.07 Å². The molecular formula is C19H21F4N3O2. The molecule has 9 heteroatoms. The van der Waals surface area contributed by atoms with E-state index in [1.807, 2.05) is 7.05 Å². The number of alkyl halides is 3. The van der Waals surface area contributed by atoms with E-state index in [9.17, 15) is 22.4 Å². The van der Waals surface area contributed by atoms with Crippen LogP contribution in [-0.2, 0) is 11.3 Å². The van der Waals surface area contributed by atoms with Gasteiger partial charge in [0.05, 0.1) is 18.8 Å². The molecule has 0 unspecified atom stereocenters. The highest BCUT2D eigenvalue weighted by molar-refractivity contribution is 6.07. The predicted molar refractivity (Wildman–Crippen MR) is 94.6 cm³/mol. The Morgan fingerprint density at radius 2 is 1.93 bits per heavy atom. The van der Waals surface area contributed by atoms with Crippen LogP contribution < -0.4 is 5.32 Å². The van der Waals surface area contributed by atoms with Crippen LogP contribution in [0.25, 0.3) is 10.9 Å². The van der Waals surface area contributed by atoms with E-state index in [-0.39, 0.29) is 34.6 Å². The van der Waals surface area contributed by atoms with Crippen molar-refractivity contribution in [1.29, 1.82) is 0 Å². The summed E-state index contributed by atoms with van der Waals surface area (Å²) in [5.74, 6) is -1.08. The lowest BCUT2D eigenvalue weighted by molar-refractivity contribution is -0.139. The van der Waals surface area contributed by atoms with Crippen LogP contribution in [0.5, 0.6) is 0 Å². The Labute approximate surface area is 159 Å². The number of piperidine rings is 1. The number of benzene rings is 1. The van der Waals surface area contributed by atoms with Gasteiger partial charge in [-0.25, -0.2) is 4.39 Å². The van der Waals surface area contributed by atoms with Crippen molar-refractivity contribution in [3.63, 3.8) is 0 Å². The zero-order valence-corrected chi connectivity index (χ0v) is 15.3. The first-order chi connectivity index (χ1) is 13.2. The first-order valence-electron chi connectivity index (χ1n) is 9.17. The third-order valence-electron chi connectivity index (χ3n) is 5.66. The zero-order valence-electron chi connectivity index (χ0n) is 15.3. The van der Waals surface area contributed by atoms with Gasteiger partial charge in [-0.3, -0.25) is 9.69 Å². The van der Waals surface area contributed by atoms with Gasteiger partial charge in [-0.15, -0.1) is 0 Å². The minimum atomic E-state index is -4.44. The Hall–Kier alpha value is -2.13. The minimum absolute atomic E-state index is 0.0547. The highest BCUT2D eigenvalue weighted by Crippen LogP contribution is 2.29. The fourth-order valence-electron chi connectivity index (χ4n) is 4.25. The van der Waals surface area contributed by atoms with E-state index in [0.717, 1.165) is 22.9 Å². The molecule has 0 saturated carbocycles. The van der Waals surface area contributed by atoms with Crippen molar-refractivity contribution in [2.24, 2.45) is 0 Å². The molecule has 3 heterocycles. The number of carbonyl (C=O) groups is 1. The number of morpholine rings is 1. The van der Waals surface area contributed by atoms with Crippen LogP contribution in [0.15, 0.2) is 24.4 Å². The molecule has 0 radical (unpaired) electrons. The molecule has 1 aromatic carbocycles. The molecule has 0 aliphatic carbocycles. The van der Waals surface area contributed by atoms with Gasteiger partial charge in [-0.1, -0.05) is 0 Å². The fraction of sp³-hybridized carbons (Fsp3) is 0.526. The maximum Gasteiger partial charge on any atom is 0.406 e. The lowest BCUT2D eigenvalue weighted by atomic mass is 9.90. The summed E-state index contributed by atoms with van der Waals surface area (Å²) in [6.07, 6.45) is -1.88. The monoisotopic (exact) mass is 399 g/mol. The molecule has 152 valence electrons. The Morgan fingerprint density at radius 3 is 2.57 bits per heavy atom. The molecule has 1 amide bonds. The summed E-state index contributed by atoms with van der Waals surface area (Å²) < 4.78 is 58.9. The van der Waals surface area contributed by atoms with Crippen LogP contribution in [0, 0.1) is 5.82 Å². The highest BCUT2D eigenvalue weighted by atomic mass is 19.4. The maximum absolute atomic E-state index is 13.7. The summed E-state index contributed by atoms with van der Waals surface area (Å²) in [5, 5.41) is 3.11. The van der Waals surface area contributed by atoms with E-state index in [4.69, 9.17) is 4.74 Å². The van der Waals surface area contributed by atoms with Crippen molar-refractivity contribution in [2.75, 3.05) is 20.3 Å². The van der Waals surface area contributed by atoms with Gasteiger partial charge in [0, 0.05) is 35.2 Å². The number of nitrogens with zero attached hydrogens (tertiary/aromatic N) is 2. The molecule has 2 aliphatic heterocycles. The van der Waals surface area contributed by atoms with Crippen LogP contribution in [0.1, 0.15) is 23.2 Å². The van der Waals surface area contributed by atoms with Crippen LogP contribution in [0.3, 0.4) is 0 Å². The van der Waals surface area contributed by atoms with Crippen molar-refractivity contribution < 1.29 is 27.1 Å². The number of nitrogens with one attached hydrogen (secondary N) is 1. The van der Waals surface area contributed by atoms with Crippen molar-refractivity contribution >= 4 is 16.8 Å². The van der Waals surface area contributed by atoms with Crippen molar-refractivity contribution in [3.8, 4) is 0 Å². The Bertz CT molecular complexity index is 881. The summed E-state index contributed by atoms with van der Waals surface area (Å²) in [6.45, 7) is -0.0525. The second-order valence-electron chi connectivity index (χ2n) is 7.60. The summed E-state index contributed by atoms with van der Waals surface area (Å²) in [7, 11) is 2.03. The van der Waals surface area contributed by atoms with Gasteiger partial charge in [0.15, 0.2) is 0 Å². The molecule has 2 bridgehead atoms. The number of hydrogen-bond acceptors (Lipinski definition) is 3. The molecule has 0 spiro atoms. The summed E-state index contributed by atoms with van der Waals surface area (Å²) >= 11 is 0. The van der Waals surface area contributed by atoms with E-state index in [1.54, 1.807) is 0 Å². The van der Waals surface area contributed by atoms with E-state index in [0.29, 0.717) is 26.1 Å². The van der Waals surface area contributed by atoms with Gasteiger partial charge < -0.3 is 14.6 Å². The molecule has 2 aromatic rings. The third kappa shape index (κ3) is 3.73. The fourth-order valence-corrected chi connectivity index (χ4v) is 4.25. The molecule has 4 rings (SSSR count). The molecule has 28 heavy (non-hydrogen) atoms. The standard InChI is InChI=1S/C19H21F4N3O2/c1-25-13-5-12(6-14(25)9-28-8-13)24-18(27)16-7-26(10-19(21,22)23)17-3-2-11(20)4-15(16)17/h2-4,7,12-14H,5-6,8-10H2,1H3,(H,24,27)/t12-,13-,14+. The molecule has 2 saturated heterocycles. The zero-order chi connectivity index (χ0) is 20.1. The van der Waals surface area contributed by atoms with Crippen LogP contribution in [0.4, 0.5) is 17.6 Å². The normalized spacial score (nSPS) is 25.8. The number of rotatable bonds is 3. The predicted octanol–water partition coefficient (Wildman–Crippen LogP) is 2.93. The number of halogens is 4. The number of hydrogen-bond donors (Lipinski definition) is 1. The van der Waals surface area contributed by atoms with Gasteiger partial charge in [0.2, 0.25) is 0 Å². The number of aromatic nitrogens is 1. The highest BCUT2D eigenvalue weighted by Gasteiger charge is 2.37. The van der Waals surface area contributed by atoms with E-state index < -0.39 is 24.4 Å². The molecule has 3 atom stereocenters. The Morgan fingerprint density at radius 1 is 1.25 bits per heavy atom. The van der Waals surface area contributed by atoms with Crippen LogP contribution in [-0.4, -0.2) is 59.9 Å². The molecule has 5 nitrogen and oxygen atoms in total. The summed E-state index contributed by atoms with van der Waals surface area (Å²) in [5.41, 5.74) is 0.233. The van der Waals surface area contributed by atoms with Crippen LogP contribution in [0.2, 0.25) is 0 Å². The molecule has 2 aliphatic rings. The first kappa shape index (κ1) is 19.2. The second kappa shape index (κ2) is 7.04. The number of carbonyl (C=O) groups excluding carboxylic acids is 1. The van der Waals surface area contributed by atoms with Gasteiger partial charge in [0.25, 0.3) is 5.91 Å². The van der Waals surface area contributed by atoms with Gasteiger partial charge >= 0.3 is 6.18 Å².